The van der Waals surface area contributed by atoms with Gasteiger partial charge in [-0.15, -0.1) is 0 Å². The van der Waals surface area contributed by atoms with Gasteiger partial charge in [-0.25, -0.2) is 0 Å². The van der Waals surface area contributed by atoms with Crippen molar-refractivity contribution >= 4 is 5.91 Å². The molecule has 0 saturated carbocycles. The minimum absolute atomic E-state index is 0.0554. The van der Waals surface area contributed by atoms with Gasteiger partial charge in [0.05, 0.1) is 12.2 Å². The molecule has 0 aromatic heterocycles. The number of carbonyl (C=O) groups is 1. The highest BCUT2D eigenvalue weighted by molar-refractivity contribution is 5.81. The molecule has 1 fully saturated rings. The molecular weight excluding hydrogens is 168 g/mol. The van der Waals surface area contributed by atoms with E-state index in [1.165, 1.54) is 0 Å². The fourth-order valence-electron chi connectivity index (χ4n) is 1.63. The number of ether oxygens (including phenoxy) is 1. The molecular formula is C9H14N2O2. The molecule has 4 heteroatoms. The molecule has 1 amide bonds. The number of carbonyl (C=O) groups excluding carboxylic acids is 1. The summed E-state index contributed by atoms with van der Waals surface area (Å²) >= 11 is 0. The molecule has 0 aliphatic carbocycles. The second-order valence-electron chi connectivity index (χ2n) is 3.46. The van der Waals surface area contributed by atoms with Gasteiger partial charge in [0.15, 0.2) is 0 Å². The van der Waals surface area contributed by atoms with Crippen LogP contribution in [0, 0.1) is 17.2 Å². The van der Waals surface area contributed by atoms with Crippen molar-refractivity contribution in [3.05, 3.63) is 0 Å². The topological polar surface area (TPSA) is 62.1 Å². The number of nitriles is 1. The third-order valence-corrected chi connectivity index (χ3v) is 2.20. The predicted molar refractivity (Wildman–Crippen MR) is 46.7 cm³/mol. The number of rotatable bonds is 2. The van der Waals surface area contributed by atoms with E-state index in [1.54, 1.807) is 0 Å². The summed E-state index contributed by atoms with van der Waals surface area (Å²) in [6, 6.07) is 1.86. The Morgan fingerprint density at radius 3 is 2.85 bits per heavy atom. The van der Waals surface area contributed by atoms with Crippen molar-refractivity contribution in [2.75, 3.05) is 6.54 Å². The zero-order valence-electron chi connectivity index (χ0n) is 7.91. The smallest absolute Gasteiger partial charge is 0.250 e. The van der Waals surface area contributed by atoms with Gasteiger partial charge in [0.25, 0.3) is 0 Å². The summed E-state index contributed by atoms with van der Waals surface area (Å²) in [6.45, 7) is 3.99. The average Bonchev–Trinajstić information content (AvgIpc) is 2.41. The Bertz CT molecular complexity index is 234. The van der Waals surface area contributed by atoms with Crippen LogP contribution >= 0.6 is 0 Å². The second kappa shape index (κ2) is 4.24. The van der Waals surface area contributed by atoms with Gasteiger partial charge in [0, 0.05) is 0 Å². The van der Waals surface area contributed by atoms with Crippen molar-refractivity contribution in [3.63, 3.8) is 0 Å². The van der Waals surface area contributed by atoms with Gasteiger partial charge in [0.1, 0.15) is 12.6 Å². The molecule has 13 heavy (non-hydrogen) atoms. The molecule has 3 unspecified atom stereocenters. The Hall–Kier alpha value is -1.08. The minimum atomic E-state index is -0.372. The molecule has 1 aliphatic rings. The Morgan fingerprint density at radius 2 is 2.38 bits per heavy atom. The number of amides is 1. The molecule has 4 nitrogen and oxygen atoms in total. The van der Waals surface area contributed by atoms with Crippen molar-refractivity contribution in [3.8, 4) is 6.07 Å². The lowest BCUT2D eigenvalue weighted by atomic mass is 10.0. The third kappa shape index (κ3) is 2.43. The van der Waals surface area contributed by atoms with Crippen LogP contribution < -0.4 is 5.32 Å². The van der Waals surface area contributed by atoms with E-state index in [-0.39, 0.29) is 30.6 Å². The van der Waals surface area contributed by atoms with Gasteiger partial charge in [-0.3, -0.25) is 4.79 Å². The number of hydrogen-bond acceptors (Lipinski definition) is 3. The van der Waals surface area contributed by atoms with Crippen LogP contribution in [0.3, 0.4) is 0 Å². The minimum Gasteiger partial charge on any atom is -0.365 e. The molecule has 3 atom stereocenters. The molecule has 1 saturated heterocycles. The van der Waals surface area contributed by atoms with Gasteiger partial charge in [-0.05, 0) is 19.3 Å². The SMILES string of the molecule is CC1CC(C)C(C(=O)NCC#N)O1. The van der Waals surface area contributed by atoms with Crippen LogP contribution in [-0.4, -0.2) is 24.7 Å². The first kappa shape index (κ1) is 10.0. The number of nitrogens with one attached hydrogen (secondary N) is 1. The Balaban J connectivity index is 2.43. The Labute approximate surface area is 77.9 Å². The summed E-state index contributed by atoms with van der Waals surface area (Å²) < 4.78 is 5.41. The monoisotopic (exact) mass is 182 g/mol. The fraction of sp³-hybridized carbons (Fsp3) is 0.778. The molecule has 1 aliphatic heterocycles. The molecule has 1 heterocycles. The molecule has 72 valence electrons. The predicted octanol–water partition coefficient (Wildman–Crippen LogP) is 0.440. The van der Waals surface area contributed by atoms with Gasteiger partial charge >= 0.3 is 0 Å². The molecule has 1 N–H and O–H groups in total. The zero-order chi connectivity index (χ0) is 9.84. The van der Waals surface area contributed by atoms with E-state index in [4.69, 9.17) is 10.00 Å². The van der Waals surface area contributed by atoms with E-state index in [1.807, 2.05) is 19.9 Å². The second-order valence-corrected chi connectivity index (χ2v) is 3.46. The van der Waals surface area contributed by atoms with Crippen molar-refractivity contribution < 1.29 is 9.53 Å². The summed E-state index contributed by atoms with van der Waals surface area (Å²) in [7, 11) is 0. The summed E-state index contributed by atoms with van der Waals surface area (Å²) in [4.78, 5) is 11.4. The van der Waals surface area contributed by atoms with Crippen molar-refractivity contribution in [1.29, 1.82) is 5.26 Å². The van der Waals surface area contributed by atoms with E-state index in [0.29, 0.717) is 0 Å². The summed E-state index contributed by atoms with van der Waals surface area (Å²) in [6.07, 6.45) is 0.682. The van der Waals surface area contributed by atoms with Crippen molar-refractivity contribution in [1.82, 2.24) is 5.32 Å². The summed E-state index contributed by atoms with van der Waals surface area (Å²) in [5.41, 5.74) is 0. The van der Waals surface area contributed by atoms with Gasteiger partial charge in [-0.1, -0.05) is 6.92 Å². The van der Waals surface area contributed by atoms with E-state index < -0.39 is 0 Å². The quantitative estimate of drug-likeness (QED) is 0.630. The first-order chi connectivity index (χ1) is 6.15. The fourth-order valence-corrected chi connectivity index (χ4v) is 1.63. The first-order valence-electron chi connectivity index (χ1n) is 4.45. The highest BCUT2D eigenvalue weighted by Gasteiger charge is 2.34. The van der Waals surface area contributed by atoms with Crippen molar-refractivity contribution in [2.45, 2.75) is 32.5 Å². The molecule has 0 bridgehead atoms. The highest BCUT2D eigenvalue weighted by atomic mass is 16.5. The van der Waals surface area contributed by atoms with Crippen molar-refractivity contribution in [2.24, 2.45) is 5.92 Å². The maximum absolute atomic E-state index is 11.4. The largest absolute Gasteiger partial charge is 0.365 e. The lowest BCUT2D eigenvalue weighted by Crippen LogP contribution is -2.37. The van der Waals surface area contributed by atoms with E-state index in [9.17, 15) is 4.79 Å². The highest BCUT2D eigenvalue weighted by Crippen LogP contribution is 2.25. The van der Waals surface area contributed by atoms with E-state index in [2.05, 4.69) is 5.32 Å². The summed E-state index contributed by atoms with van der Waals surface area (Å²) in [5.74, 6) is 0.0760. The lowest BCUT2D eigenvalue weighted by molar-refractivity contribution is -0.132. The average molecular weight is 182 g/mol. The molecule has 0 aromatic carbocycles. The lowest BCUT2D eigenvalue weighted by Gasteiger charge is -2.12. The first-order valence-corrected chi connectivity index (χ1v) is 4.45. The standard InChI is InChI=1S/C9H14N2O2/c1-6-5-7(2)13-8(6)9(12)11-4-3-10/h6-8H,4-5H2,1-2H3,(H,11,12). The van der Waals surface area contributed by atoms with Gasteiger partial charge < -0.3 is 10.1 Å². The van der Waals surface area contributed by atoms with Crippen LogP contribution in [0.1, 0.15) is 20.3 Å². The number of hydrogen-bond donors (Lipinski definition) is 1. The van der Waals surface area contributed by atoms with E-state index >= 15 is 0 Å². The van der Waals surface area contributed by atoms with Crippen LogP contribution in [0.4, 0.5) is 0 Å². The van der Waals surface area contributed by atoms with Crippen LogP contribution in [0.15, 0.2) is 0 Å². The normalized spacial score (nSPS) is 32.5. The maximum atomic E-state index is 11.4. The Kier molecular flexibility index (Phi) is 3.26. The third-order valence-electron chi connectivity index (χ3n) is 2.20. The van der Waals surface area contributed by atoms with Crippen LogP contribution in [0.25, 0.3) is 0 Å². The molecule has 0 aromatic rings. The number of nitrogens with zero attached hydrogens (tertiary/aromatic N) is 1. The zero-order valence-corrected chi connectivity index (χ0v) is 7.91. The van der Waals surface area contributed by atoms with Gasteiger partial charge in [-0.2, -0.15) is 5.26 Å². The molecule has 0 radical (unpaired) electrons. The van der Waals surface area contributed by atoms with Crippen LogP contribution in [0.2, 0.25) is 0 Å². The van der Waals surface area contributed by atoms with E-state index in [0.717, 1.165) is 6.42 Å². The van der Waals surface area contributed by atoms with Crippen LogP contribution in [-0.2, 0) is 9.53 Å². The summed E-state index contributed by atoms with van der Waals surface area (Å²) in [5, 5.41) is 10.8. The van der Waals surface area contributed by atoms with Gasteiger partial charge in [0.2, 0.25) is 5.91 Å². The molecule has 1 rings (SSSR count). The maximum Gasteiger partial charge on any atom is 0.250 e. The van der Waals surface area contributed by atoms with Crippen LogP contribution in [0.5, 0.6) is 0 Å². The Morgan fingerprint density at radius 1 is 1.69 bits per heavy atom. The molecule has 0 spiro atoms.